The van der Waals surface area contributed by atoms with E-state index >= 15 is 0 Å². The fourth-order valence-electron chi connectivity index (χ4n) is 5.42. The summed E-state index contributed by atoms with van der Waals surface area (Å²) in [5.41, 5.74) is 2.98. The third-order valence-electron chi connectivity index (χ3n) is 7.94. The van der Waals surface area contributed by atoms with Gasteiger partial charge in [-0.2, -0.15) is 18.2 Å². The molecule has 3 N–H and O–H groups in total. The molecular weight excluding hydrogens is 643 g/mol. The number of sulfonamides is 1. The van der Waals surface area contributed by atoms with E-state index in [0.29, 0.717) is 24.3 Å². The van der Waals surface area contributed by atoms with Gasteiger partial charge >= 0.3 is 6.18 Å². The molecule has 11 nitrogen and oxygen atoms in total. The fourth-order valence-corrected chi connectivity index (χ4v) is 5.89. The second kappa shape index (κ2) is 14.9. The normalized spacial score (nSPS) is 15.4. The van der Waals surface area contributed by atoms with Crippen molar-refractivity contribution in [2.45, 2.75) is 44.9 Å². The molecule has 3 heterocycles. The molecule has 1 unspecified atom stereocenters. The number of benzene rings is 2. The van der Waals surface area contributed by atoms with Crippen LogP contribution in [0.3, 0.4) is 0 Å². The van der Waals surface area contributed by atoms with Gasteiger partial charge in [0.25, 0.3) is 0 Å². The first-order valence-electron chi connectivity index (χ1n) is 15.4. The molecule has 15 heteroatoms. The van der Waals surface area contributed by atoms with E-state index in [1.54, 1.807) is 12.1 Å². The Morgan fingerprint density at radius 1 is 1.02 bits per heavy atom. The Kier molecular flexibility index (Phi) is 10.7. The minimum atomic E-state index is -4.74. The van der Waals surface area contributed by atoms with Crippen molar-refractivity contribution in [3.8, 4) is 0 Å². The van der Waals surface area contributed by atoms with Gasteiger partial charge in [0.1, 0.15) is 17.1 Å². The first kappa shape index (κ1) is 34.4. The minimum absolute atomic E-state index is 0.0172. The summed E-state index contributed by atoms with van der Waals surface area (Å²) in [6.07, 6.45) is 6.12. The summed E-state index contributed by atoms with van der Waals surface area (Å²) in [5, 5.41) is 9.07. The van der Waals surface area contributed by atoms with Crippen LogP contribution in [0, 0.1) is 0 Å². The van der Waals surface area contributed by atoms with Gasteiger partial charge in [0.15, 0.2) is 5.82 Å². The molecule has 1 aliphatic rings. The van der Waals surface area contributed by atoms with Crippen LogP contribution in [-0.2, 0) is 29.3 Å². The van der Waals surface area contributed by atoms with E-state index in [9.17, 15) is 21.6 Å². The molecule has 48 heavy (non-hydrogen) atoms. The van der Waals surface area contributed by atoms with Crippen molar-refractivity contribution in [3.63, 3.8) is 0 Å². The molecule has 0 spiro atoms. The van der Waals surface area contributed by atoms with Crippen molar-refractivity contribution >= 4 is 39.0 Å². The predicted molar refractivity (Wildman–Crippen MR) is 181 cm³/mol. The zero-order chi connectivity index (χ0) is 34.3. The Hall–Kier alpha value is -4.92. The van der Waals surface area contributed by atoms with Crippen LogP contribution in [0.15, 0.2) is 79.4 Å². The van der Waals surface area contributed by atoms with Gasteiger partial charge < -0.3 is 20.9 Å². The molecular formula is C33H38F3N9O2S. The molecule has 1 saturated heterocycles. The third kappa shape index (κ3) is 8.91. The van der Waals surface area contributed by atoms with E-state index in [1.165, 1.54) is 25.0 Å². The van der Waals surface area contributed by atoms with Gasteiger partial charge in [0.05, 0.1) is 12.8 Å². The zero-order valence-corrected chi connectivity index (χ0v) is 27.7. The van der Waals surface area contributed by atoms with E-state index in [0.717, 1.165) is 47.7 Å². The molecule has 0 aliphatic carbocycles. The number of likely N-dealkylation sites (tertiary alicyclic amines) is 1. The molecule has 254 valence electrons. The van der Waals surface area contributed by atoms with Gasteiger partial charge in [-0.3, -0.25) is 9.29 Å². The predicted octanol–water partition coefficient (Wildman–Crippen LogP) is 6.36. The number of nitrogens with zero attached hydrogens (tertiary/aromatic N) is 6. The maximum Gasteiger partial charge on any atom is 0.421 e. The highest BCUT2D eigenvalue weighted by Gasteiger charge is 2.35. The number of rotatable bonds is 12. The third-order valence-corrected chi connectivity index (χ3v) is 9.11. The van der Waals surface area contributed by atoms with Crippen LogP contribution in [0.1, 0.15) is 48.1 Å². The maximum absolute atomic E-state index is 13.8. The quantitative estimate of drug-likeness (QED) is 0.155. The summed E-state index contributed by atoms with van der Waals surface area (Å²) >= 11 is 0. The number of anilines is 5. The lowest BCUT2D eigenvalue weighted by atomic mass is 9.90. The molecule has 5 rings (SSSR count). The van der Waals surface area contributed by atoms with E-state index in [2.05, 4.69) is 77.3 Å². The Morgan fingerprint density at radius 2 is 1.79 bits per heavy atom. The van der Waals surface area contributed by atoms with Gasteiger partial charge in [-0.25, -0.2) is 18.4 Å². The number of aromatic nitrogens is 4. The monoisotopic (exact) mass is 681 g/mol. The smallest absolute Gasteiger partial charge is 0.381 e. The molecule has 0 radical (unpaired) electrons. The van der Waals surface area contributed by atoms with Gasteiger partial charge in [-0.15, -0.1) is 0 Å². The molecule has 2 aromatic heterocycles. The van der Waals surface area contributed by atoms with Crippen LogP contribution in [0.2, 0.25) is 0 Å². The number of piperidine rings is 1. The van der Waals surface area contributed by atoms with Crippen molar-refractivity contribution in [1.82, 2.24) is 24.8 Å². The summed E-state index contributed by atoms with van der Waals surface area (Å²) in [6.45, 7) is 4.45. The van der Waals surface area contributed by atoms with Crippen LogP contribution in [0.25, 0.3) is 0 Å². The summed E-state index contributed by atoms with van der Waals surface area (Å²) in [5.74, 6) is -0.0893. The summed E-state index contributed by atoms with van der Waals surface area (Å²) in [6, 6.07) is 15.9. The number of hydrogen-bond donors (Lipinski definition) is 3. The summed E-state index contributed by atoms with van der Waals surface area (Å²) in [4.78, 5) is 18.5. The Labute approximate surface area is 278 Å². The van der Waals surface area contributed by atoms with E-state index in [4.69, 9.17) is 0 Å². The highest BCUT2D eigenvalue weighted by Crippen LogP contribution is 2.35. The lowest BCUT2D eigenvalue weighted by Crippen LogP contribution is -2.30. The second-order valence-corrected chi connectivity index (χ2v) is 13.5. The number of alkyl halides is 3. The summed E-state index contributed by atoms with van der Waals surface area (Å²) < 4.78 is 66.5. The SMILES string of the molecule is CC=CN1CCCC(c2cccc(NCc3ccc(Nc4ncc(C(F)(F)F)c(NCc5nccnc5N(C)S(C)(=O)=O)n4)cc3)c2)C1. The van der Waals surface area contributed by atoms with Crippen molar-refractivity contribution in [3.05, 3.63) is 102 Å². The van der Waals surface area contributed by atoms with Gasteiger partial charge in [-0.1, -0.05) is 30.3 Å². The number of nitrogens with one attached hydrogen (secondary N) is 3. The second-order valence-electron chi connectivity index (χ2n) is 11.5. The molecule has 1 atom stereocenters. The van der Waals surface area contributed by atoms with Crippen LogP contribution in [0.5, 0.6) is 0 Å². The van der Waals surface area contributed by atoms with E-state index in [-0.39, 0.29) is 24.0 Å². The highest BCUT2D eigenvalue weighted by molar-refractivity contribution is 7.92. The van der Waals surface area contributed by atoms with Crippen LogP contribution in [0.4, 0.5) is 42.1 Å². The average molecular weight is 682 g/mol. The lowest BCUT2D eigenvalue weighted by molar-refractivity contribution is -0.137. The molecule has 2 aromatic carbocycles. The van der Waals surface area contributed by atoms with Crippen LogP contribution in [-0.4, -0.2) is 59.6 Å². The van der Waals surface area contributed by atoms with Gasteiger partial charge in [0, 0.05) is 62.6 Å². The highest BCUT2D eigenvalue weighted by atomic mass is 32.2. The van der Waals surface area contributed by atoms with E-state index < -0.39 is 27.6 Å². The van der Waals surface area contributed by atoms with Crippen molar-refractivity contribution in [2.75, 3.05) is 46.6 Å². The van der Waals surface area contributed by atoms with Crippen molar-refractivity contribution < 1.29 is 21.6 Å². The van der Waals surface area contributed by atoms with Crippen molar-refractivity contribution in [2.24, 2.45) is 0 Å². The first-order valence-corrected chi connectivity index (χ1v) is 17.2. The maximum atomic E-state index is 13.8. The molecule has 0 amide bonds. The molecule has 4 aromatic rings. The zero-order valence-electron chi connectivity index (χ0n) is 26.9. The molecule has 1 fully saturated rings. The van der Waals surface area contributed by atoms with Gasteiger partial charge in [0.2, 0.25) is 16.0 Å². The van der Waals surface area contributed by atoms with Gasteiger partial charge in [-0.05, 0) is 61.4 Å². The number of halogens is 3. The van der Waals surface area contributed by atoms with E-state index in [1.807, 2.05) is 19.1 Å². The van der Waals surface area contributed by atoms with Crippen LogP contribution >= 0.6 is 0 Å². The molecule has 0 bridgehead atoms. The average Bonchev–Trinajstić information content (AvgIpc) is 3.06. The van der Waals surface area contributed by atoms with Crippen molar-refractivity contribution in [1.29, 1.82) is 0 Å². The number of allylic oxidation sites excluding steroid dienone is 1. The summed E-state index contributed by atoms with van der Waals surface area (Å²) in [7, 11) is -2.40. The van der Waals surface area contributed by atoms with Crippen LogP contribution < -0.4 is 20.3 Å². The number of hydrogen-bond acceptors (Lipinski definition) is 10. The standard InChI is InChI=1S/C33H38F3N9O2S/c1-4-16-45-17-6-8-25(22-45)24-7-5-9-27(18-24)39-19-23-10-12-26(13-11-23)42-32-41-20-28(33(34,35)36)30(43-32)40-21-29-31(38-15-14-37-29)44(2)48(3,46)47/h4-5,7,9-16,18,20,25,39H,6,8,17,19,21-22H2,1-3H3,(H2,40,41,42,43). The molecule has 0 saturated carbocycles. The largest absolute Gasteiger partial charge is 0.421 e. The fraction of sp³-hybridized carbons (Fsp3) is 0.333. The Bertz CT molecular complexity index is 1840. The molecule has 1 aliphatic heterocycles. The lowest BCUT2D eigenvalue weighted by Gasteiger charge is -2.32. The Balaban J connectivity index is 1.24. The minimum Gasteiger partial charge on any atom is -0.381 e. The Morgan fingerprint density at radius 3 is 2.52 bits per heavy atom. The topological polar surface area (TPSA) is 128 Å². The first-order chi connectivity index (χ1) is 22.9.